The van der Waals surface area contributed by atoms with E-state index in [4.69, 9.17) is 15.2 Å². The number of primary amides is 1. The molecule has 0 fully saturated rings. The summed E-state index contributed by atoms with van der Waals surface area (Å²) in [7, 11) is 0. The van der Waals surface area contributed by atoms with E-state index in [0.717, 1.165) is 16.9 Å². The highest BCUT2D eigenvalue weighted by Crippen LogP contribution is 2.29. The van der Waals surface area contributed by atoms with Crippen molar-refractivity contribution in [1.82, 2.24) is 0 Å². The van der Waals surface area contributed by atoms with Gasteiger partial charge in [0.2, 0.25) is 0 Å². The smallest absolute Gasteiger partial charge is 0.405 e. The van der Waals surface area contributed by atoms with E-state index >= 15 is 0 Å². The van der Waals surface area contributed by atoms with Crippen molar-refractivity contribution in [2.45, 2.75) is 38.9 Å². The Balaban J connectivity index is 2.16. The van der Waals surface area contributed by atoms with Gasteiger partial charge in [-0.05, 0) is 50.5 Å². The van der Waals surface area contributed by atoms with Crippen molar-refractivity contribution < 1.29 is 19.4 Å². The number of aliphatic hydroxyl groups excluding tert-OH is 1. The second-order valence-electron chi connectivity index (χ2n) is 7.27. The number of hydrogen-bond donors (Lipinski definition) is 2. The minimum atomic E-state index is -0.855. The van der Waals surface area contributed by atoms with Crippen LogP contribution in [-0.4, -0.2) is 23.4 Å². The molecule has 0 heterocycles. The van der Waals surface area contributed by atoms with E-state index in [1.165, 1.54) is 0 Å². The maximum atomic E-state index is 11.3. The van der Waals surface area contributed by atoms with E-state index in [9.17, 15) is 9.90 Å². The van der Waals surface area contributed by atoms with Crippen LogP contribution in [0.2, 0.25) is 0 Å². The van der Waals surface area contributed by atoms with Crippen molar-refractivity contribution in [3.8, 4) is 5.75 Å². The van der Waals surface area contributed by atoms with Gasteiger partial charge in [0.15, 0.2) is 0 Å². The third kappa shape index (κ3) is 6.08. The van der Waals surface area contributed by atoms with Crippen LogP contribution in [-0.2, 0) is 11.2 Å². The Labute approximate surface area is 154 Å². The Bertz CT molecular complexity index is 692. The second-order valence-corrected chi connectivity index (χ2v) is 7.27. The highest BCUT2D eigenvalue weighted by Gasteiger charge is 2.26. The van der Waals surface area contributed by atoms with Crippen LogP contribution in [0.25, 0.3) is 0 Å². The lowest BCUT2D eigenvalue weighted by atomic mass is 9.90. The fourth-order valence-electron chi connectivity index (χ4n) is 2.82. The molecule has 0 saturated heterocycles. The third-order valence-corrected chi connectivity index (χ3v) is 3.88. The summed E-state index contributed by atoms with van der Waals surface area (Å²) in [5, 5.41) is 9.88. The molecule has 0 aromatic heterocycles. The molecule has 1 amide bonds. The zero-order valence-electron chi connectivity index (χ0n) is 15.5. The molecule has 5 nitrogen and oxygen atoms in total. The molecule has 2 rings (SSSR count). The molecule has 0 aliphatic rings. The van der Waals surface area contributed by atoms with E-state index in [1.54, 1.807) is 0 Å². The number of rotatable bonds is 7. The van der Waals surface area contributed by atoms with Crippen LogP contribution in [0.4, 0.5) is 4.79 Å². The molecule has 0 saturated carbocycles. The summed E-state index contributed by atoms with van der Waals surface area (Å²) in [6.45, 7) is 5.85. The number of carbonyl (C=O) groups excluding carboxylic acids is 1. The van der Waals surface area contributed by atoms with Gasteiger partial charge in [0.25, 0.3) is 0 Å². The summed E-state index contributed by atoms with van der Waals surface area (Å²) in [4.78, 5) is 11.3. The average molecular weight is 357 g/mol. The highest BCUT2D eigenvalue weighted by molar-refractivity contribution is 5.65. The first-order valence-electron chi connectivity index (χ1n) is 8.68. The molecular weight excluding hydrogens is 330 g/mol. The molecule has 3 N–H and O–H groups in total. The quantitative estimate of drug-likeness (QED) is 0.788. The molecule has 0 spiro atoms. The van der Waals surface area contributed by atoms with Crippen LogP contribution in [0.3, 0.4) is 0 Å². The molecular formula is C21H27NO4. The number of ether oxygens (including phenoxy) is 2. The van der Waals surface area contributed by atoms with E-state index in [0.29, 0.717) is 6.42 Å². The molecule has 26 heavy (non-hydrogen) atoms. The fraction of sp³-hybridized carbons (Fsp3) is 0.381. The van der Waals surface area contributed by atoms with Crippen molar-refractivity contribution in [2.24, 2.45) is 11.7 Å². The second kappa shape index (κ2) is 8.72. The molecule has 140 valence electrons. The number of aliphatic hydroxyl groups is 1. The van der Waals surface area contributed by atoms with Gasteiger partial charge in [0.05, 0.1) is 6.61 Å². The predicted molar refractivity (Wildman–Crippen MR) is 101 cm³/mol. The SMILES string of the molecule is CC(C)(C)Oc1ccc(CC(CO)C(OC(N)=O)c2ccccc2)cc1. The third-order valence-electron chi connectivity index (χ3n) is 3.88. The summed E-state index contributed by atoms with van der Waals surface area (Å²) >= 11 is 0. The van der Waals surface area contributed by atoms with Crippen LogP contribution in [0, 0.1) is 5.92 Å². The number of amides is 1. The molecule has 2 aromatic rings. The summed E-state index contributed by atoms with van der Waals surface area (Å²) < 4.78 is 11.1. The zero-order chi connectivity index (χ0) is 19.2. The Morgan fingerprint density at radius 2 is 1.69 bits per heavy atom. The molecule has 0 aliphatic heterocycles. The van der Waals surface area contributed by atoms with Crippen molar-refractivity contribution in [3.63, 3.8) is 0 Å². The maximum Gasteiger partial charge on any atom is 0.405 e. The van der Waals surface area contributed by atoms with Gasteiger partial charge in [0.1, 0.15) is 17.5 Å². The minimum absolute atomic E-state index is 0.132. The van der Waals surface area contributed by atoms with Gasteiger partial charge < -0.3 is 20.3 Å². The Hall–Kier alpha value is -2.53. The Morgan fingerprint density at radius 3 is 2.19 bits per heavy atom. The van der Waals surface area contributed by atoms with Crippen LogP contribution in [0.15, 0.2) is 54.6 Å². The number of hydrogen-bond acceptors (Lipinski definition) is 4. The van der Waals surface area contributed by atoms with Crippen LogP contribution >= 0.6 is 0 Å². The number of benzene rings is 2. The highest BCUT2D eigenvalue weighted by atomic mass is 16.6. The topological polar surface area (TPSA) is 81.8 Å². The molecule has 2 unspecified atom stereocenters. The first-order chi connectivity index (χ1) is 12.3. The number of nitrogens with two attached hydrogens (primary N) is 1. The zero-order valence-corrected chi connectivity index (χ0v) is 15.5. The summed E-state index contributed by atoms with van der Waals surface area (Å²) in [6, 6.07) is 17.0. The summed E-state index contributed by atoms with van der Waals surface area (Å²) in [5.74, 6) is 0.481. The summed E-state index contributed by atoms with van der Waals surface area (Å²) in [6.07, 6.45) is -0.922. The first-order valence-corrected chi connectivity index (χ1v) is 8.68. The molecule has 5 heteroatoms. The van der Waals surface area contributed by atoms with Gasteiger partial charge in [-0.1, -0.05) is 42.5 Å². The maximum absolute atomic E-state index is 11.3. The van der Waals surface area contributed by atoms with Gasteiger partial charge in [-0.25, -0.2) is 4.79 Å². The van der Waals surface area contributed by atoms with Crippen LogP contribution < -0.4 is 10.5 Å². The standard InChI is InChI=1S/C21H27NO4/c1-21(2,3)26-18-11-9-15(10-12-18)13-17(14-23)19(25-20(22)24)16-7-5-4-6-8-16/h4-12,17,19,23H,13-14H2,1-3H3,(H2,22,24). The van der Waals surface area contributed by atoms with Gasteiger partial charge in [-0.2, -0.15) is 0 Å². The lowest BCUT2D eigenvalue weighted by Crippen LogP contribution is -2.27. The molecule has 0 aliphatic carbocycles. The normalized spacial score (nSPS) is 13.7. The molecule has 0 radical (unpaired) electrons. The van der Waals surface area contributed by atoms with Crippen molar-refractivity contribution in [1.29, 1.82) is 0 Å². The van der Waals surface area contributed by atoms with E-state index < -0.39 is 12.2 Å². The van der Waals surface area contributed by atoms with E-state index in [1.807, 2.05) is 75.4 Å². The van der Waals surface area contributed by atoms with Crippen molar-refractivity contribution in [3.05, 3.63) is 65.7 Å². The van der Waals surface area contributed by atoms with Gasteiger partial charge >= 0.3 is 6.09 Å². The van der Waals surface area contributed by atoms with Gasteiger partial charge in [-0.3, -0.25) is 0 Å². The van der Waals surface area contributed by atoms with E-state index in [-0.39, 0.29) is 18.1 Å². The fourth-order valence-corrected chi connectivity index (χ4v) is 2.82. The van der Waals surface area contributed by atoms with Crippen LogP contribution in [0.5, 0.6) is 5.75 Å². The van der Waals surface area contributed by atoms with Crippen LogP contribution in [0.1, 0.15) is 38.0 Å². The Kier molecular flexibility index (Phi) is 6.64. The Morgan fingerprint density at radius 1 is 1.08 bits per heavy atom. The largest absolute Gasteiger partial charge is 0.488 e. The molecule has 2 aromatic carbocycles. The van der Waals surface area contributed by atoms with Gasteiger partial charge in [0, 0.05) is 5.92 Å². The predicted octanol–water partition coefficient (Wildman–Crippen LogP) is 3.85. The summed E-state index contributed by atoms with van der Waals surface area (Å²) in [5.41, 5.74) is 6.79. The number of carbonyl (C=O) groups is 1. The van der Waals surface area contributed by atoms with E-state index in [2.05, 4.69) is 0 Å². The van der Waals surface area contributed by atoms with Gasteiger partial charge in [-0.15, -0.1) is 0 Å². The average Bonchev–Trinajstić information content (AvgIpc) is 2.58. The monoisotopic (exact) mass is 357 g/mol. The lowest BCUT2D eigenvalue weighted by Gasteiger charge is -2.26. The first kappa shape index (κ1) is 19.8. The van der Waals surface area contributed by atoms with Crippen molar-refractivity contribution >= 4 is 6.09 Å². The minimum Gasteiger partial charge on any atom is -0.488 e. The van der Waals surface area contributed by atoms with Crippen molar-refractivity contribution in [2.75, 3.05) is 6.61 Å². The molecule has 0 bridgehead atoms. The molecule has 2 atom stereocenters. The lowest BCUT2D eigenvalue weighted by molar-refractivity contribution is 0.0429.